The molecule has 0 aliphatic heterocycles. The van der Waals surface area contributed by atoms with E-state index in [4.69, 9.17) is 4.42 Å². The second-order valence-corrected chi connectivity index (χ2v) is 4.55. The van der Waals surface area contributed by atoms with E-state index in [1.807, 2.05) is 30.3 Å². The monoisotopic (exact) mass is 302 g/mol. The van der Waals surface area contributed by atoms with Crippen molar-refractivity contribution >= 4 is 29.4 Å². The molecular weight excluding hydrogens is 288 g/mol. The molecule has 5 nitrogen and oxygen atoms in total. The number of furan rings is 1. The third-order valence-electron chi connectivity index (χ3n) is 2.74. The number of hydrogen-bond acceptors (Lipinski definition) is 4. The molecule has 2 aromatic rings. The minimum atomic E-state index is -0.506. The third kappa shape index (κ3) is 4.54. The average molecular weight is 302 g/mol. The second-order valence-electron chi connectivity index (χ2n) is 4.32. The summed E-state index contributed by atoms with van der Waals surface area (Å²) in [5.74, 6) is -0.248. The summed E-state index contributed by atoms with van der Waals surface area (Å²) in [5.41, 5.74) is 3.37. The summed E-state index contributed by atoms with van der Waals surface area (Å²) in [6, 6.07) is 12.8. The maximum atomic E-state index is 12.3. The number of carbonyl (C=O) groups is 2. The van der Waals surface area contributed by atoms with E-state index in [9.17, 15) is 9.59 Å². The molecule has 1 heterocycles. The fraction of sp³-hybridized carbons (Fsp3) is 0.133. The minimum absolute atomic E-state index is 0.0670. The first-order valence-electron chi connectivity index (χ1n) is 6.31. The molecule has 2 rings (SSSR count). The number of nitrogens with one attached hydrogen (secondary N) is 1. The summed E-state index contributed by atoms with van der Waals surface area (Å²) in [4.78, 5) is 23.7. The molecule has 0 atom stereocenters. The molecule has 1 N–H and O–H groups in total. The maximum Gasteiger partial charge on any atom is 0.273 e. The lowest BCUT2D eigenvalue weighted by Crippen LogP contribution is -2.46. The zero-order valence-electron chi connectivity index (χ0n) is 11.2. The van der Waals surface area contributed by atoms with E-state index >= 15 is 0 Å². The normalized spacial score (nSPS) is 9.90. The van der Waals surface area contributed by atoms with Crippen LogP contribution in [0.3, 0.4) is 0 Å². The van der Waals surface area contributed by atoms with Gasteiger partial charge in [-0.15, -0.1) is 0 Å². The van der Waals surface area contributed by atoms with E-state index in [-0.39, 0.29) is 18.9 Å². The third-order valence-corrected chi connectivity index (χ3v) is 2.96. The Labute approximate surface area is 127 Å². The van der Waals surface area contributed by atoms with Crippen LogP contribution in [0.5, 0.6) is 0 Å². The Morgan fingerprint density at radius 3 is 2.57 bits per heavy atom. The van der Waals surface area contributed by atoms with E-state index in [1.165, 1.54) is 11.3 Å². The Bertz CT molecular complexity index is 611. The van der Waals surface area contributed by atoms with E-state index in [0.29, 0.717) is 5.76 Å². The van der Waals surface area contributed by atoms with Gasteiger partial charge in [0.2, 0.25) is 5.91 Å². The van der Waals surface area contributed by atoms with Crippen molar-refractivity contribution in [1.29, 1.82) is 0 Å². The van der Waals surface area contributed by atoms with Crippen molar-refractivity contribution in [3.63, 3.8) is 0 Å². The standard InChI is InChI=1S/C15H14N2O3S/c18-14(11-21)16-17(10-12-5-2-1-3-6-12)15(19)9-13-7-4-8-20-13/h1-8,11H,9-10H2,(H,16,18). The number of rotatable bonds is 5. The molecule has 0 aliphatic rings. The molecule has 0 saturated heterocycles. The van der Waals surface area contributed by atoms with E-state index in [1.54, 1.807) is 12.1 Å². The minimum Gasteiger partial charge on any atom is -0.469 e. The molecule has 0 aliphatic carbocycles. The maximum absolute atomic E-state index is 12.3. The van der Waals surface area contributed by atoms with Gasteiger partial charge in [0.05, 0.1) is 24.6 Å². The topological polar surface area (TPSA) is 62.6 Å². The summed E-state index contributed by atoms with van der Waals surface area (Å²) in [5, 5.41) is 2.20. The van der Waals surface area contributed by atoms with Gasteiger partial charge in [-0.2, -0.15) is 0 Å². The molecule has 0 radical (unpaired) electrons. The fourth-order valence-electron chi connectivity index (χ4n) is 1.77. The molecule has 0 spiro atoms. The predicted octanol–water partition coefficient (Wildman–Crippen LogP) is 1.88. The molecule has 108 valence electrons. The number of carbonyl (C=O) groups excluding carboxylic acids is 2. The number of benzene rings is 1. The van der Waals surface area contributed by atoms with Crippen LogP contribution in [0, 0.1) is 0 Å². The van der Waals surface area contributed by atoms with E-state index in [2.05, 4.69) is 17.6 Å². The van der Waals surface area contributed by atoms with Crippen LogP contribution >= 0.6 is 12.2 Å². The van der Waals surface area contributed by atoms with Gasteiger partial charge in [-0.1, -0.05) is 42.5 Å². The molecular formula is C15H14N2O3S. The Balaban J connectivity index is 2.09. The van der Waals surface area contributed by atoms with Crippen molar-refractivity contribution < 1.29 is 14.0 Å². The van der Waals surface area contributed by atoms with Gasteiger partial charge >= 0.3 is 0 Å². The van der Waals surface area contributed by atoms with Crippen LogP contribution in [0.4, 0.5) is 0 Å². The highest BCUT2D eigenvalue weighted by molar-refractivity contribution is 7.80. The lowest BCUT2D eigenvalue weighted by atomic mass is 10.2. The molecule has 6 heteroatoms. The summed E-state index contributed by atoms with van der Waals surface area (Å²) in [6.45, 7) is 0.259. The zero-order valence-corrected chi connectivity index (χ0v) is 12.0. The van der Waals surface area contributed by atoms with Crippen molar-refractivity contribution in [2.45, 2.75) is 13.0 Å². The van der Waals surface area contributed by atoms with Crippen LogP contribution in [0.1, 0.15) is 11.3 Å². The first-order valence-corrected chi connectivity index (χ1v) is 6.78. The van der Waals surface area contributed by atoms with Gasteiger partial charge in [-0.05, 0) is 17.7 Å². The molecule has 0 bridgehead atoms. The lowest BCUT2D eigenvalue weighted by Gasteiger charge is -2.22. The Morgan fingerprint density at radius 2 is 1.95 bits per heavy atom. The Hall–Kier alpha value is -2.47. The quantitative estimate of drug-likeness (QED) is 0.676. The van der Waals surface area contributed by atoms with Crippen LogP contribution in [0.15, 0.2) is 53.1 Å². The van der Waals surface area contributed by atoms with Gasteiger partial charge in [0, 0.05) is 0 Å². The van der Waals surface area contributed by atoms with Crippen LogP contribution < -0.4 is 5.43 Å². The van der Waals surface area contributed by atoms with Gasteiger partial charge in [0.15, 0.2) is 0 Å². The van der Waals surface area contributed by atoms with Crippen molar-refractivity contribution in [2.24, 2.45) is 0 Å². The Kier molecular flexibility index (Phi) is 5.22. The highest BCUT2D eigenvalue weighted by Gasteiger charge is 2.17. The summed E-state index contributed by atoms with van der Waals surface area (Å²) < 4.78 is 5.15. The first kappa shape index (κ1) is 14.9. The van der Waals surface area contributed by atoms with E-state index in [0.717, 1.165) is 10.9 Å². The van der Waals surface area contributed by atoms with Gasteiger partial charge < -0.3 is 4.42 Å². The smallest absolute Gasteiger partial charge is 0.273 e. The van der Waals surface area contributed by atoms with Crippen molar-refractivity contribution in [3.8, 4) is 0 Å². The number of hydrazine groups is 1. The molecule has 0 saturated carbocycles. The summed E-state index contributed by atoms with van der Waals surface area (Å²) in [7, 11) is 0. The molecule has 2 amide bonds. The predicted molar refractivity (Wildman–Crippen MR) is 81.2 cm³/mol. The van der Waals surface area contributed by atoms with Crippen molar-refractivity contribution in [3.05, 3.63) is 60.1 Å². The van der Waals surface area contributed by atoms with Gasteiger partial charge in [-0.3, -0.25) is 15.0 Å². The largest absolute Gasteiger partial charge is 0.469 e. The van der Waals surface area contributed by atoms with Gasteiger partial charge in [0.1, 0.15) is 5.76 Å². The van der Waals surface area contributed by atoms with Crippen molar-refractivity contribution in [1.82, 2.24) is 10.4 Å². The molecule has 21 heavy (non-hydrogen) atoms. The van der Waals surface area contributed by atoms with Crippen LogP contribution in [0.25, 0.3) is 0 Å². The molecule has 1 aromatic heterocycles. The number of hydrogen-bond donors (Lipinski definition) is 1. The van der Waals surface area contributed by atoms with Gasteiger partial charge in [-0.25, -0.2) is 5.01 Å². The molecule has 0 fully saturated rings. The number of thiocarbonyl (C=S) groups is 1. The number of nitrogens with zero attached hydrogens (tertiary/aromatic N) is 1. The van der Waals surface area contributed by atoms with Crippen molar-refractivity contribution in [2.75, 3.05) is 0 Å². The van der Waals surface area contributed by atoms with E-state index < -0.39 is 5.91 Å². The Morgan fingerprint density at radius 1 is 1.19 bits per heavy atom. The summed E-state index contributed by atoms with van der Waals surface area (Å²) in [6.07, 6.45) is 1.57. The SMILES string of the molecule is O=C(C=S)NN(Cc1ccccc1)C(=O)Cc1ccco1. The van der Waals surface area contributed by atoms with Crippen LogP contribution in [-0.4, -0.2) is 22.2 Å². The first-order chi connectivity index (χ1) is 10.2. The van der Waals surface area contributed by atoms with Crippen LogP contribution in [-0.2, 0) is 22.6 Å². The van der Waals surface area contributed by atoms with Crippen LogP contribution in [0.2, 0.25) is 0 Å². The second kappa shape index (κ2) is 7.35. The lowest BCUT2D eigenvalue weighted by molar-refractivity contribution is -0.139. The van der Waals surface area contributed by atoms with Gasteiger partial charge in [0.25, 0.3) is 5.91 Å². The highest BCUT2D eigenvalue weighted by Crippen LogP contribution is 2.07. The molecule has 1 aromatic carbocycles. The fourth-order valence-corrected chi connectivity index (χ4v) is 1.83. The summed E-state index contributed by atoms with van der Waals surface area (Å²) >= 11 is 4.57. The average Bonchev–Trinajstić information content (AvgIpc) is 3.00. The highest BCUT2D eigenvalue weighted by atomic mass is 32.1. The zero-order chi connectivity index (χ0) is 15.1. The number of amides is 2. The molecule has 0 unspecified atom stereocenters.